The fourth-order valence-corrected chi connectivity index (χ4v) is 2.19. The first-order valence-corrected chi connectivity index (χ1v) is 5.31. The minimum Gasteiger partial charge on any atom is -0.330 e. The van der Waals surface area contributed by atoms with Gasteiger partial charge < -0.3 is 11.1 Å². The van der Waals surface area contributed by atoms with Gasteiger partial charge in [0.15, 0.2) is 0 Å². The lowest BCUT2D eigenvalue weighted by molar-refractivity contribution is -0.115. The average Bonchev–Trinajstić information content (AvgIpc) is 2.45. The molecule has 1 aliphatic heterocycles. The number of nitrogens with one attached hydrogen (secondary N) is 1. The van der Waals surface area contributed by atoms with E-state index in [1.165, 1.54) is 5.56 Å². The summed E-state index contributed by atoms with van der Waals surface area (Å²) in [4.78, 5) is 11.1. The molecule has 0 fully saturated rings. The van der Waals surface area contributed by atoms with Gasteiger partial charge in [-0.15, -0.1) is 0 Å². The summed E-state index contributed by atoms with van der Waals surface area (Å²) in [6.45, 7) is 0.624. The summed E-state index contributed by atoms with van der Waals surface area (Å²) in [6, 6.07) is 4.00. The second-order valence-corrected chi connectivity index (χ2v) is 4.22. The molecule has 0 aromatic heterocycles. The lowest BCUT2D eigenvalue weighted by atomic mass is 10.1. The van der Waals surface area contributed by atoms with E-state index in [1.54, 1.807) is 0 Å². The zero-order chi connectivity index (χ0) is 10.1. The molecule has 1 aromatic rings. The van der Waals surface area contributed by atoms with Crippen molar-refractivity contribution < 1.29 is 4.79 Å². The second-order valence-electron chi connectivity index (χ2n) is 3.36. The smallest absolute Gasteiger partial charge is 0.228 e. The quantitative estimate of drug-likeness (QED) is 0.840. The Balaban J connectivity index is 2.39. The fourth-order valence-electron chi connectivity index (χ4n) is 1.65. The predicted octanol–water partition coefficient (Wildman–Crippen LogP) is 1.44. The molecule has 1 aliphatic rings. The first-order chi connectivity index (χ1) is 6.70. The highest BCUT2D eigenvalue weighted by atomic mass is 79.9. The van der Waals surface area contributed by atoms with Crippen molar-refractivity contribution in [2.75, 3.05) is 11.9 Å². The normalized spacial score (nSPS) is 14.0. The molecule has 0 spiro atoms. The Bertz CT molecular complexity index is 390. The molecule has 2 rings (SSSR count). The van der Waals surface area contributed by atoms with Gasteiger partial charge in [-0.3, -0.25) is 4.79 Å². The van der Waals surface area contributed by atoms with Crippen LogP contribution >= 0.6 is 15.9 Å². The Hall–Kier alpha value is -0.870. The van der Waals surface area contributed by atoms with Gasteiger partial charge in [-0.1, -0.05) is 22.0 Å². The van der Waals surface area contributed by atoms with Crippen LogP contribution < -0.4 is 11.1 Å². The van der Waals surface area contributed by atoms with Crippen LogP contribution in [0, 0.1) is 0 Å². The third-order valence-corrected chi connectivity index (χ3v) is 3.05. The number of hydrogen-bond acceptors (Lipinski definition) is 2. The van der Waals surface area contributed by atoms with Crippen LogP contribution in [-0.4, -0.2) is 12.5 Å². The summed E-state index contributed by atoms with van der Waals surface area (Å²) < 4.78 is 1.02. The highest BCUT2D eigenvalue weighted by Crippen LogP contribution is 2.29. The Kier molecular flexibility index (Phi) is 2.56. The van der Waals surface area contributed by atoms with Crippen LogP contribution in [0.2, 0.25) is 0 Å². The van der Waals surface area contributed by atoms with Gasteiger partial charge in [-0.2, -0.15) is 0 Å². The topological polar surface area (TPSA) is 55.1 Å². The van der Waals surface area contributed by atoms with E-state index in [2.05, 4.69) is 21.2 Å². The van der Waals surface area contributed by atoms with Gasteiger partial charge in [-0.25, -0.2) is 0 Å². The zero-order valence-corrected chi connectivity index (χ0v) is 9.23. The third kappa shape index (κ3) is 1.67. The van der Waals surface area contributed by atoms with Gasteiger partial charge in [0.25, 0.3) is 0 Å². The number of rotatable bonds is 2. The van der Waals surface area contributed by atoms with Gasteiger partial charge in [0.1, 0.15) is 0 Å². The Morgan fingerprint density at radius 3 is 3.00 bits per heavy atom. The molecule has 4 heteroatoms. The number of carbonyl (C=O) groups is 1. The van der Waals surface area contributed by atoms with Gasteiger partial charge in [0.05, 0.1) is 6.42 Å². The molecule has 0 saturated carbocycles. The number of hydrogen-bond donors (Lipinski definition) is 2. The van der Waals surface area contributed by atoms with Crippen molar-refractivity contribution in [2.45, 2.75) is 12.8 Å². The Morgan fingerprint density at radius 1 is 1.50 bits per heavy atom. The molecule has 0 atom stereocenters. The lowest BCUT2D eigenvalue weighted by Crippen LogP contribution is -2.03. The van der Waals surface area contributed by atoms with Crippen LogP contribution in [0.3, 0.4) is 0 Å². The SMILES string of the molecule is NCCc1cc2c(cc1Br)NC(=O)C2. The van der Waals surface area contributed by atoms with E-state index in [0.29, 0.717) is 13.0 Å². The van der Waals surface area contributed by atoms with Crippen molar-refractivity contribution in [2.24, 2.45) is 5.73 Å². The predicted molar refractivity (Wildman–Crippen MR) is 59.2 cm³/mol. The highest BCUT2D eigenvalue weighted by molar-refractivity contribution is 9.10. The molecule has 0 bridgehead atoms. The molecule has 14 heavy (non-hydrogen) atoms. The van der Waals surface area contributed by atoms with Crippen LogP contribution in [0.15, 0.2) is 16.6 Å². The van der Waals surface area contributed by atoms with Crippen molar-refractivity contribution >= 4 is 27.5 Å². The van der Waals surface area contributed by atoms with Crippen molar-refractivity contribution in [1.29, 1.82) is 0 Å². The molecule has 0 radical (unpaired) electrons. The van der Waals surface area contributed by atoms with Gasteiger partial charge >= 0.3 is 0 Å². The summed E-state index contributed by atoms with van der Waals surface area (Å²) in [5.41, 5.74) is 8.66. The van der Waals surface area contributed by atoms with E-state index < -0.39 is 0 Å². The maximum atomic E-state index is 11.1. The summed E-state index contributed by atoms with van der Waals surface area (Å²) in [7, 11) is 0. The second kappa shape index (κ2) is 3.71. The number of fused-ring (bicyclic) bond motifs is 1. The van der Waals surface area contributed by atoms with Crippen LogP contribution in [0.4, 0.5) is 5.69 Å². The maximum Gasteiger partial charge on any atom is 0.228 e. The summed E-state index contributed by atoms with van der Waals surface area (Å²) >= 11 is 3.46. The van der Waals surface area contributed by atoms with Crippen molar-refractivity contribution in [3.05, 3.63) is 27.7 Å². The molecule has 3 N–H and O–H groups in total. The molecular weight excluding hydrogens is 244 g/mol. The van der Waals surface area contributed by atoms with E-state index in [1.807, 2.05) is 12.1 Å². The molecular formula is C10H11BrN2O. The van der Waals surface area contributed by atoms with Crippen LogP contribution in [0.5, 0.6) is 0 Å². The Morgan fingerprint density at radius 2 is 2.29 bits per heavy atom. The minimum absolute atomic E-state index is 0.0665. The summed E-state index contributed by atoms with van der Waals surface area (Å²) in [5.74, 6) is 0.0665. The molecule has 0 aliphatic carbocycles. The van der Waals surface area contributed by atoms with E-state index in [-0.39, 0.29) is 5.91 Å². The number of halogens is 1. The van der Waals surface area contributed by atoms with E-state index >= 15 is 0 Å². The first-order valence-electron chi connectivity index (χ1n) is 4.52. The molecule has 74 valence electrons. The summed E-state index contributed by atoms with van der Waals surface area (Å²) in [6.07, 6.45) is 1.32. The number of benzene rings is 1. The van der Waals surface area contributed by atoms with E-state index in [9.17, 15) is 4.79 Å². The van der Waals surface area contributed by atoms with E-state index in [4.69, 9.17) is 5.73 Å². The molecule has 0 saturated heterocycles. The lowest BCUT2D eigenvalue weighted by Gasteiger charge is -2.06. The van der Waals surface area contributed by atoms with Crippen LogP contribution in [0.25, 0.3) is 0 Å². The standard InChI is InChI=1S/C10H11BrN2O/c11-8-5-9-7(4-10(14)13-9)3-6(8)1-2-12/h3,5H,1-2,4,12H2,(H,13,14). The number of nitrogens with two attached hydrogens (primary N) is 1. The van der Waals surface area contributed by atoms with Crippen molar-refractivity contribution in [1.82, 2.24) is 0 Å². The van der Waals surface area contributed by atoms with Gasteiger partial charge in [0, 0.05) is 10.2 Å². The number of anilines is 1. The van der Waals surface area contributed by atoms with Gasteiger partial charge in [0.2, 0.25) is 5.91 Å². The van der Waals surface area contributed by atoms with E-state index in [0.717, 1.165) is 22.1 Å². The van der Waals surface area contributed by atoms with Gasteiger partial charge in [-0.05, 0) is 30.2 Å². The average molecular weight is 255 g/mol. The molecule has 1 aromatic carbocycles. The van der Waals surface area contributed by atoms with Crippen molar-refractivity contribution in [3.63, 3.8) is 0 Å². The fraction of sp³-hybridized carbons (Fsp3) is 0.300. The largest absolute Gasteiger partial charge is 0.330 e. The molecule has 1 heterocycles. The number of carbonyl (C=O) groups excluding carboxylic acids is 1. The first kappa shape index (κ1) is 9.68. The molecule has 1 amide bonds. The monoisotopic (exact) mass is 254 g/mol. The maximum absolute atomic E-state index is 11.1. The third-order valence-electron chi connectivity index (χ3n) is 2.31. The Labute approximate surface area is 90.8 Å². The molecule has 0 unspecified atom stereocenters. The highest BCUT2D eigenvalue weighted by Gasteiger charge is 2.18. The number of amides is 1. The van der Waals surface area contributed by atoms with Crippen LogP contribution in [0.1, 0.15) is 11.1 Å². The van der Waals surface area contributed by atoms with Crippen molar-refractivity contribution in [3.8, 4) is 0 Å². The minimum atomic E-state index is 0.0665. The van der Waals surface area contributed by atoms with Crippen LogP contribution in [-0.2, 0) is 17.6 Å². The zero-order valence-electron chi connectivity index (χ0n) is 7.64. The molecule has 3 nitrogen and oxygen atoms in total. The summed E-state index contributed by atoms with van der Waals surface area (Å²) in [5, 5.41) is 2.81.